The third kappa shape index (κ3) is 2.72. The second-order valence-corrected chi connectivity index (χ2v) is 6.81. The first-order valence-corrected chi connectivity index (χ1v) is 8.33. The van der Waals surface area contributed by atoms with Crippen molar-refractivity contribution in [3.8, 4) is 5.75 Å². The first-order valence-electron chi connectivity index (χ1n) is 7.45. The van der Waals surface area contributed by atoms with Crippen molar-refractivity contribution in [2.45, 2.75) is 39.3 Å². The number of nitrogens with zero attached hydrogens (tertiary/aromatic N) is 1. The van der Waals surface area contributed by atoms with Crippen molar-refractivity contribution in [2.24, 2.45) is 0 Å². The van der Waals surface area contributed by atoms with E-state index >= 15 is 0 Å². The third-order valence-electron chi connectivity index (χ3n) is 3.97. The minimum Gasteiger partial charge on any atom is -0.489 e. The molecule has 3 rings (SSSR count). The summed E-state index contributed by atoms with van der Waals surface area (Å²) in [5.41, 5.74) is 9.36. The molecule has 0 saturated heterocycles. The molecule has 4 heteroatoms. The van der Waals surface area contributed by atoms with E-state index in [4.69, 9.17) is 10.5 Å². The second kappa shape index (κ2) is 5.60. The van der Waals surface area contributed by atoms with Gasteiger partial charge in [-0.25, -0.2) is 0 Å². The van der Waals surface area contributed by atoms with Gasteiger partial charge in [-0.3, -0.25) is 0 Å². The van der Waals surface area contributed by atoms with Crippen LogP contribution in [-0.4, -0.2) is 12.6 Å². The Bertz CT molecular complexity index is 635. The Labute approximate surface area is 130 Å². The Morgan fingerprint density at radius 3 is 2.90 bits per heavy atom. The van der Waals surface area contributed by atoms with Crippen molar-refractivity contribution in [1.82, 2.24) is 0 Å². The van der Waals surface area contributed by atoms with Crippen LogP contribution >= 0.6 is 11.3 Å². The SMILES string of the molecule is CC(C)Oc1cc(N2CCc3sccc3C2C)ccc1N. The number of hydrogen-bond acceptors (Lipinski definition) is 4. The second-order valence-electron chi connectivity index (χ2n) is 5.81. The lowest BCUT2D eigenvalue weighted by Crippen LogP contribution is -2.33. The van der Waals surface area contributed by atoms with Crippen LogP contribution in [0.2, 0.25) is 0 Å². The number of anilines is 2. The molecule has 112 valence electrons. The van der Waals surface area contributed by atoms with Crippen molar-refractivity contribution < 1.29 is 4.74 Å². The maximum Gasteiger partial charge on any atom is 0.144 e. The smallest absolute Gasteiger partial charge is 0.144 e. The summed E-state index contributed by atoms with van der Waals surface area (Å²) < 4.78 is 5.82. The van der Waals surface area contributed by atoms with E-state index < -0.39 is 0 Å². The highest BCUT2D eigenvalue weighted by Gasteiger charge is 2.25. The quantitative estimate of drug-likeness (QED) is 0.862. The molecular formula is C17H22N2OS. The van der Waals surface area contributed by atoms with Crippen LogP contribution < -0.4 is 15.4 Å². The standard InChI is InChI=1S/C17H22N2OS/c1-11(2)20-16-10-13(4-5-15(16)18)19-8-6-17-14(12(19)3)7-9-21-17/h4-5,7,9-12H,6,8,18H2,1-3H3. The van der Waals surface area contributed by atoms with Gasteiger partial charge < -0.3 is 15.4 Å². The fourth-order valence-electron chi connectivity index (χ4n) is 2.92. The summed E-state index contributed by atoms with van der Waals surface area (Å²) >= 11 is 1.87. The largest absolute Gasteiger partial charge is 0.489 e. The number of nitrogens with two attached hydrogens (primary N) is 1. The van der Waals surface area contributed by atoms with Crippen molar-refractivity contribution in [2.75, 3.05) is 17.2 Å². The molecule has 2 aromatic rings. The van der Waals surface area contributed by atoms with Gasteiger partial charge in [0.25, 0.3) is 0 Å². The zero-order valence-electron chi connectivity index (χ0n) is 12.8. The van der Waals surface area contributed by atoms with Gasteiger partial charge >= 0.3 is 0 Å². The molecule has 0 radical (unpaired) electrons. The van der Waals surface area contributed by atoms with E-state index in [0.717, 1.165) is 18.7 Å². The first-order chi connectivity index (χ1) is 10.1. The van der Waals surface area contributed by atoms with Gasteiger partial charge in [0.05, 0.1) is 17.8 Å². The van der Waals surface area contributed by atoms with Crippen LogP contribution in [0.15, 0.2) is 29.6 Å². The molecule has 1 atom stereocenters. The van der Waals surface area contributed by atoms with Crippen molar-refractivity contribution >= 4 is 22.7 Å². The number of benzene rings is 1. The maximum absolute atomic E-state index is 6.02. The number of fused-ring (bicyclic) bond motifs is 1. The molecule has 1 aromatic carbocycles. The average molecular weight is 302 g/mol. The topological polar surface area (TPSA) is 38.5 Å². The molecule has 1 aromatic heterocycles. The molecule has 0 aliphatic carbocycles. The summed E-state index contributed by atoms with van der Waals surface area (Å²) in [5, 5.41) is 2.20. The van der Waals surface area contributed by atoms with E-state index in [9.17, 15) is 0 Å². The Hall–Kier alpha value is -1.68. The Morgan fingerprint density at radius 1 is 1.33 bits per heavy atom. The summed E-state index contributed by atoms with van der Waals surface area (Å²) in [6.07, 6.45) is 1.24. The Morgan fingerprint density at radius 2 is 2.14 bits per heavy atom. The van der Waals surface area contributed by atoms with Gasteiger partial charge in [-0.2, -0.15) is 0 Å². The van der Waals surface area contributed by atoms with E-state index in [0.29, 0.717) is 11.7 Å². The predicted molar refractivity (Wildman–Crippen MR) is 90.4 cm³/mol. The van der Waals surface area contributed by atoms with E-state index in [-0.39, 0.29) is 6.10 Å². The van der Waals surface area contributed by atoms with Crippen LogP contribution in [0.5, 0.6) is 5.75 Å². The molecule has 0 spiro atoms. The van der Waals surface area contributed by atoms with Gasteiger partial charge in [0, 0.05) is 23.2 Å². The Kier molecular flexibility index (Phi) is 3.81. The van der Waals surface area contributed by atoms with Gasteiger partial charge in [0.1, 0.15) is 5.75 Å². The van der Waals surface area contributed by atoms with E-state index in [1.54, 1.807) is 0 Å². The fraction of sp³-hybridized carbons (Fsp3) is 0.412. The van der Waals surface area contributed by atoms with Crippen molar-refractivity contribution in [3.63, 3.8) is 0 Å². The first kappa shape index (κ1) is 14.3. The monoisotopic (exact) mass is 302 g/mol. The van der Waals surface area contributed by atoms with Crippen LogP contribution in [0.1, 0.15) is 37.3 Å². The zero-order valence-corrected chi connectivity index (χ0v) is 13.6. The lowest BCUT2D eigenvalue weighted by molar-refractivity contribution is 0.244. The van der Waals surface area contributed by atoms with E-state index in [2.05, 4.69) is 35.4 Å². The summed E-state index contributed by atoms with van der Waals surface area (Å²) in [6.45, 7) is 7.35. The lowest BCUT2D eigenvalue weighted by atomic mass is 10.0. The molecule has 2 heterocycles. The molecule has 0 amide bonds. The molecule has 1 aliphatic rings. The molecule has 1 unspecified atom stereocenters. The summed E-state index contributed by atoms with van der Waals surface area (Å²) in [5.74, 6) is 0.783. The molecule has 2 N–H and O–H groups in total. The van der Waals surface area contributed by atoms with Crippen LogP contribution in [0.4, 0.5) is 11.4 Å². The van der Waals surface area contributed by atoms with Gasteiger partial charge in [0.2, 0.25) is 0 Å². The molecule has 1 aliphatic heterocycles. The summed E-state index contributed by atoms with van der Waals surface area (Å²) in [4.78, 5) is 3.95. The molecule has 0 bridgehead atoms. The van der Waals surface area contributed by atoms with Gasteiger partial charge in [-0.1, -0.05) is 0 Å². The highest BCUT2D eigenvalue weighted by molar-refractivity contribution is 7.10. The number of hydrogen-bond donors (Lipinski definition) is 1. The summed E-state index contributed by atoms with van der Waals surface area (Å²) in [6, 6.07) is 8.76. The van der Waals surface area contributed by atoms with Crippen LogP contribution in [-0.2, 0) is 6.42 Å². The van der Waals surface area contributed by atoms with Gasteiger partial charge in [-0.15, -0.1) is 11.3 Å². The maximum atomic E-state index is 6.02. The number of thiophene rings is 1. The third-order valence-corrected chi connectivity index (χ3v) is 4.97. The van der Waals surface area contributed by atoms with Crippen LogP contribution in [0.3, 0.4) is 0 Å². The van der Waals surface area contributed by atoms with Crippen molar-refractivity contribution in [1.29, 1.82) is 0 Å². The Balaban J connectivity index is 1.91. The van der Waals surface area contributed by atoms with Crippen LogP contribution in [0.25, 0.3) is 0 Å². The molecule has 3 nitrogen and oxygen atoms in total. The molecule has 0 saturated carbocycles. The number of ether oxygens (including phenoxy) is 1. The van der Waals surface area contributed by atoms with E-state index in [1.807, 2.05) is 31.3 Å². The fourth-order valence-corrected chi connectivity index (χ4v) is 3.88. The highest BCUT2D eigenvalue weighted by Crippen LogP contribution is 2.38. The summed E-state index contributed by atoms with van der Waals surface area (Å²) in [7, 11) is 0. The minimum absolute atomic E-state index is 0.129. The predicted octanol–water partition coefficient (Wildman–Crippen LogP) is 4.24. The van der Waals surface area contributed by atoms with Gasteiger partial charge in [0.15, 0.2) is 0 Å². The molecule has 21 heavy (non-hydrogen) atoms. The number of rotatable bonds is 3. The highest BCUT2D eigenvalue weighted by atomic mass is 32.1. The molecular weight excluding hydrogens is 280 g/mol. The van der Waals surface area contributed by atoms with Crippen molar-refractivity contribution in [3.05, 3.63) is 40.1 Å². The van der Waals surface area contributed by atoms with Crippen LogP contribution in [0, 0.1) is 0 Å². The normalized spacial score (nSPS) is 17.9. The lowest BCUT2D eigenvalue weighted by Gasteiger charge is -2.36. The minimum atomic E-state index is 0.129. The number of nitrogen functional groups attached to an aromatic ring is 1. The average Bonchev–Trinajstić information content (AvgIpc) is 2.91. The van der Waals surface area contributed by atoms with Gasteiger partial charge in [-0.05, 0) is 56.3 Å². The zero-order chi connectivity index (χ0) is 15.0. The molecule has 0 fully saturated rings. The van der Waals surface area contributed by atoms with E-state index in [1.165, 1.54) is 16.1 Å².